The first kappa shape index (κ1) is 16.5. The van der Waals surface area contributed by atoms with Crippen LogP contribution in [-0.2, 0) is 0 Å². The van der Waals surface area contributed by atoms with Crippen molar-refractivity contribution in [2.24, 2.45) is 0 Å². The van der Waals surface area contributed by atoms with Gasteiger partial charge in [0.1, 0.15) is 0 Å². The molecule has 0 radical (unpaired) electrons. The fraction of sp³-hybridized carbons (Fsp3) is 0.263. The number of fused-ring (bicyclic) bond motifs is 1. The molecule has 0 aliphatic carbocycles. The summed E-state index contributed by atoms with van der Waals surface area (Å²) in [5.41, 5.74) is 1.13. The van der Waals surface area contributed by atoms with Crippen molar-refractivity contribution in [3.05, 3.63) is 71.9 Å². The number of amides is 1. The zero-order valence-electron chi connectivity index (χ0n) is 15.1. The minimum atomic E-state index is -0.231. The zero-order valence-corrected chi connectivity index (χ0v) is 15.1. The average molecular weight is 375 g/mol. The number of benzene rings is 1. The number of aryl methyl sites for hydroxylation is 1. The fourth-order valence-electron chi connectivity index (χ4n) is 3.69. The average Bonchev–Trinajstić information content (AvgIpc) is 3.45. The Bertz CT molecular complexity index is 1100. The molecule has 1 aliphatic rings. The van der Waals surface area contributed by atoms with E-state index in [-0.39, 0.29) is 23.6 Å². The van der Waals surface area contributed by atoms with Gasteiger partial charge in [-0.25, -0.2) is 9.50 Å². The lowest BCUT2D eigenvalue weighted by Gasteiger charge is -2.15. The standard InChI is InChI=1S/C19H17N7O2/c1-12-21-17(28-24-12)15-11-25(10-14(15)13-6-3-2-4-7-13)18(27)16-22-19-20-8-5-9-26(19)23-16/h2-9,14-15H,10-11H2,1H3. The van der Waals surface area contributed by atoms with Crippen LogP contribution in [0.1, 0.15) is 39.7 Å². The van der Waals surface area contributed by atoms with Gasteiger partial charge in [-0.3, -0.25) is 4.79 Å². The summed E-state index contributed by atoms with van der Waals surface area (Å²) < 4.78 is 6.93. The number of aromatic nitrogens is 6. The Morgan fingerprint density at radius 2 is 1.93 bits per heavy atom. The van der Waals surface area contributed by atoms with Gasteiger partial charge in [0.25, 0.3) is 11.7 Å². The molecule has 5 rings (SSSR count). The third-order valence-corrected chi connectivity index (χ3v) is 5.00. The van der Waals surface area contributed by atoms with E-state index in [0.717, 1.165) is 5.56 Å². The van der Waals surface area contributed by atoms with E-state index in [0.29, 0.717) is 30.6 Å². The van der Waals surface area contributed by atoms with Gasteiger partial charge in [0, 0.05) is 31.4 Å². The van der Waals surface area contributed by atoms with Crippen molar-refractivity contribution in [2.45, 2.75) is 18.8 Å². The maximum Gasteiger partial charge on any atom is 0.293 e. The van der Waals surface area contributed by atoms with Crippen molar-refractivity contribution < 1.29 is 9.32 Å². The van der Waals surface area contributed by atoms with Gasteiger partial charge in [-0.15, -0.1) is 5.10 Å². The Kier molecular flexibility index (Phi) is 3.85. The van der Waals surface area contributed by atoms with E-state index in [4.69, 9.17) is 4.52 Å². The van der Waals surface area contributed by atoms with Gasteiger partial charge < -0.3 is 9.42 Å². The predicted molar refractivity (Wildman–Crippen MR) is 97.6 cm³/mol. The second-order valence-electron chi connectivity index (χ2n) is 6.81. The molecule has 0 bridgehead atoms. The molecule has 1 aromatic carbocycles. The van der Waals surface area contributed by atoms with Crippen LogP contribution in [0.25, 0.3) is 5.78 Å². The molecule has 28 heavy (non-hydrogen) atoms. The molecule has 0 saturated carbocycles. The highest BCUT2D eigenvalue weighted by Gasteiger charge is 2.41. The summed E-state index contributed by atoms with van der Waals surface area (Å²) >= 11 is 0. The van der Waals surface area contributed by atoms with Crippen molar-refractivity contribution in [3.63, 3.8) is 0 Å². The van der Waals surface area contributed by atoms with Crippen LogP contribution in [0.5, 0.6) is 0 Å². The van der Waals surface area contributed by atoms with Crippen molar-refractivity contribution in [1.82, 2.24) is 34.6 Å². The first-order valence-corrected chi connectivity index (χ1v) is 9.01. The van der Waals surface area contributed by atoms with Crippen LogP contribution >= 0.6 is 0 Å². The fourth-order valence-corrected chi connectivity index (χ4v) is 3.69. The molecule has 9 nitrogen and oxygen atoms in total. The predicted octanol–water partition coefficient (Wildman–Crippen LogP) is 1.84. The lowest BCUT2D eigenvalue weighted by molar-refractivity contribution is 0.0776. The number of carbonyl (C=O) groups is 1. The molecular formula is C19H17N7O2. The Hall–Kier alpha value is -3.62. The Morgan fingerprint density at radius 3 is 2.68 bits per heavy atom. The number of rotatable bonds is 3. The third-order valence-electron chi connectivity index (χ3n) is 5.00. The second kappa shape index (κ2) is 6.52. The van der Waals surface area contributed by atoms with Gasteiger partial charge in [0.2, 0.25) is 11.7 Å². The molecule has 140 valence electrons. The Balaban J connectivity index is 1.48. The summed E-state index contributed by atoms with van der Waals surface area (Å²) in [5.74, 6) is 1.40. The summed E-state index contributed by atoms with van der Waals surface area (Å²) in [7, 11) is 0. The van der Waals surface area contributed by atoms with Crippen LogP contribution in [0.15, 0.2) is 53.3 Å². The van der Waals surface area contributed by atoms with Gasteiger partial charge in [-0.1, -0.05) is 35.5 Å². The van der Waals surface area contributed by atoms with Crippen LogP contribution in [-0.4, -0.2) is 53.6 Å². The lowest BCUT2D eigenvalue weighted by Crippen LogP contribution is -2.29. The van der Waals surface area contributed by atoms with Crippen molar-refractivity contribution in [1.29, 1.82) is 0 Å². The first-order valence-electron chi connectivity index (χ1n) is 9.01. The molecule has 1 fully saturated rings. The molecule has 1 saturated heterocycles. The van der Waals surface area contributed by atoms with Crippen molar-refractivity contribution >= 4 is 11.7 Å². The largest absolute Gasteiger partial charge is 0.339 e. The van der Waals surface area contributed by atoms with Crippen LogP contribution in [0, 0.1) is 6.92 Å². The zero-order chi connectivity index (χ0) is 19.1. The van der Waals surface area contributed by atoms with E-state index in [1.165, 1.54) is 4.52 Å². The minimum absolute atomic E-state index is 0.0557. The molecule has 2 unspecified atom stereocenters. The van der Waals surface area contributed by atoms with E-state index < -0.39 is 0 Å². The van der Waals surface area contributed by atoms with Crippen LogP contribution in [0.4, 0.5) is 0 Å². The second-order valence-corrected chi connectivity index (χ2v) is 6.81. The topological polar surface area (TPSA) is 102 Å². The van der Waals surface area contributed by atoms with E-state index in [1.54, 1.807) is 30.3 Å². The maximum absolute atomic E-state index is 13.1. The van der Waals surface area contributed by atoms with E-state index in [2.05, 4.69) is 37.3 Å². The summed E-state index contributed by atoms with van der Waals surface area (Å²) in [5, 5.41) is 8.18. The molecule has 1 aliphatic heterocycles. The van der Waals surface area contributed by atoms with Gasteiger partial charge in [-0.2, -0.15) is 9.97 Å². The number of carbonyl (C=O) groups excluding carboxylic acids is 1. The van der Waals surface area contributed by atoms with Crippen molar-refractivity contribution in [3.8, 4) is 0 Å². The van der Waals surface area contributed by atoms with Gasteiger partial charge in [-0.05, 0) is 18.6 Å². The highest BCUT2D eigenvalue weighted by molar-refractivity contribution is 5.91. The monoisotopic (exact) mass is 375 g/mol. The molecular weight excluding hydrogens is 358 g/mol. The molecule has 0 N–H and O–H groups in total. The van der Waals surface area contributed by atoms with Crippen LogP contribution in [0.2, 0.25) is 0 Å². The molecule has 4 aromatic rings. The van der Waals surface area contributed by atoms with Crippen LogP contribution < -0.4 is 0 Å². The Morgan fingerprint density at radius 1 is 1.11 bits per heavy atom. The molecule has 1 amide bonds. The number of likely N-dealkylation sites (tertiary alicyclic amines) is 1. The quantitative estimate of drug-likeness (QED) is 0.538. The number of hydrogen-bond acceptors (Lipinski definition) is 7. The molecule has 2 atom stereocenters. The normalized spacial score (nSPS) is 19.4. The van der Waals surface area contributed by atoms with Crippen LogP contribution in [0.3, 0.4) is 0 Å². The SMILES string of the molecule is Cc1noc(C2CN(C(=O)c3nc4ncccn4n3)CC2c2ccccc2)n1. The molecule has 4 heterocycles. The van der Waals surface area contributed by atoms with Crippen molar-refractivity contribution in [2.75, 3.05) is 13.1 Å². The summed E-state index contributed by atoms with van der Waals surface area (Å²) in [6.07, 6.45) is 3.33. The van der Waals surface area contributed by atoms with Gasteiger partial charge in [0.05, 0.1) is 5.92 Å². The molecule has 0 spiro atoms. The lowest BCUT2D eigenvalue weighted by atomic mass is 9.89. The summed E-state index contributed by atoms with van der Waals surface area (Å²) in [6.45, 7) is 2.77. The van der Waals surface area contributed by atoms with E-state index in [1.807, 2.05) is 18.2 Å². The third kappa shape index (κ3) is 2.81. The number of nitrogens with zero attached hydrogens (tertiary/aromatic N) is 7. The minimum Gasteiger partial charge on any atom is -0.339 e. The van der Waals surface area contributed by atoms with E-state index >= 15 is 0 Å². The molecule has 3 aromatic heterocycles. The van der Waals surface area contributed by atoms with E-state index in [9.17, 15) is 4.79 Å². The highest BCUT2D eigenvalue weighted by Crippen LogP contribution is 2.39. The Labute approximate surface area is 160 Å². The highest BCUT2D eigenvalue weighted by atomic mass is 16.5. The van der Waals surface area contributed by atoms with Gasteiger partial charge in [0.15, 0.2) is 5.82 Å². The summed E-state index contributed by atoms with van der Waals surface area (Å²) in [4.78, 5) is 27.6. The van der Waals surface area contributed by atoms with Gasteiger partial charge >= 0.3 is 0 Å². The number of hydrogen-bond donors (Lipinski definition) is 0. The maximum atomic E-state index is 13.1. The molecule has 9 heteroatoms. The first-order chi connectivity index (χ1) is 13.7. The smallest absolute Gasteiger partial charge is 0.293 e. The summed E-state index contributed by atoms with van der Waals surface area (Å²) in [6, 6.07) is 11.8.